The highest BCUT2D eigenvalue weighted by molar-refractivity contribution is 6.02. The summed E-state index contributed by atoms with van der Waals surface area (Å²) in [7, 11) is 0. The smallest absolute Gasteiger partial charge is 0.269 e. The molecule has 1 fully saturated rings. The molecule has 0 aromatic heterocycles. The lowest BCUT2D eigenvalue weighted by Gasteiger charge is -2.45. The minimum Gasteiger partial charge on any atom is -0.362 e. The zero-order valence-corrected chi connectivity index (χ0v) is 14.8. The first-order chi connectivity index (χ1) is 13.4. The summed E-state index contributed by atoms with van der Waals surface area (Å²) in [6.45, 7) is 0.765. The molecule has 0 radical (unpaired) electrons. The van der Waals surface area contributed by atoms with Crippen molar-refractivity contribution < 1.29 is 18.9 Å². The molecule has 2 aromatic rings. The van der Waals surface area contributed by atoms with E-state index in [1.807, 2.05) is 0 Å². The van der Waals surface area contributed by atoms with E-state index in [4.69, 9.17) is 0 Å². The van der Waals surface area contributed by atoms with Crippen molar-refractivity contribution in [1.82, 2.24) is 10.2 Å². The number of fused-ring (bicyclic) bond motifs is 1. The fraction of sp³-hybridized carbons (Fsp3) is 0.263. The van der Waals surface area contributed by atoms with Gasteiger partial charge in [0.2, 0.25) is 0 Å². The molecule has 0 saturated carbocycles. The summed E-state index contributed by atoms with van der Waals surface area (Å²) < 4.78 is 13.9. The van der Waals surface area contributed by atoms with Crippen LogP contribution in [0.1, 0.15) is 33.6 Å². The summed E-state index contributed by atoms with van der Waals surface area (Å²) >= 11 is 0. The molecule has 2 amide bonds. The maximum Gasteiger partial charge on any atom is 0.269 e. The molecule has 2 aliphatic heterocycles. The fourth-order valence-corrected chi connectivity index (χ4v) is 3.68. The predicted octanol–water partition coefficient (Wildman–Crippen LogP) is 2.52. The number of benzene rings is 2. The Balaban J connectivity index is 1.47. The van der Waals surface area contributed by atoms with Crippen LogP contribution in [0.4, 0.5) is 15.8 Å². The van der Waals surface area contributed by atoms with Crippen LogP contribution in [0.25, 0.3) is 0 Å². The second-order valence-corrected chi connectivity index (χ2v) is 6.92. The van der Waals surface area contributed by atoms with E-state index in [1.165, 1.54) is 30.3 Å². The van der Waals surface area contributed by atoms with Crippen molar-refractivity contribution in [3.05, 3.63) is 69.5 Å². The molecular formula is C19H17FN4O4. The summed E-state index contributed by atoms with van der Waals surface area (Å²) in [6.07, 6.45) is 0.904. The number of non-ortho nitro benzene ring substituents is 1. The summed E-state index contributed by atoms with van der Waals surface area (Å²) in [6, 6.07) is 9.91. The molecule has 4 rings (SSSR count). The third kappa shape index (κ3) is 3.04. The standard InChI is InChI=1S/C19H17FN4O4/c20-14-2-1-3-15-16(14)17(25)22-19(21-15)8-10-23(11-9-19)18(26)12-4-6-13(7-5-12)24(27)28/h1-7,21H,8-11H2,(H,22,25). The van der Waals surface area contributed by atoms with E-state index in [9.17, 15) is 24.1 Å². The molecule has 0 aliphatic carbocycles. The van der Waals surface area contributed by atoms with E-state index in [0.717, 1.165) is 0 Å². The van der Waals surface area contributed by atoms with Crippen LogP contribution >= 0.6 is 0 Å². The van der Waals surface area contributed by atoms with E-state index in [1.54, 1.807) is 17.0 Å². The number of nitrogens with one attached hydrogen (secondary N) is 2. The van der Waals surface area contributed by atoms with Crippen molar-refractivity contribution in [2.45, 2.75) is 18.5 Å². The lowest BCUT2D eigenvalue weighted by molar-refractivity contribution is -0.384. The summed E-state index contributed by atoms with van der Waals surface area (Å²) in [5.41, 5.74) is 0.00426. The molecule has 2 heterocycles. The quantitative estimate of drug-likeness (QED) is 0.612. The van der Waals surface area contributed by atoms with Gasteiger partial charge in [-0.3, -0.25) is 19.7 Å². The van der Waals surface area contributed by atoms with E-state index >= 15 is 0 Å². The number of carbonyl (C=O) groups is 2. The largest absolute Gasteiger partial charge is 0.362 e. The van der Waals surface area contributed by atoms with E-state index in [0.29, 0.717) is 37.2 Å². The third-order valence-corrected chi connectivity index (χ3v) is 5.20. The summed E-state index contributed by atoms with van der Waals surface area (Å²) in [5, 5.41) is 16.8. The van der Waals surface area contributed by atoms with Crippen molar-refractivity contribution in [2.75, 3.05) is 18.4 Å². The number of amides is 2. The first-order valence-corrected chi connectivity index (χ1v) is 8.81. The number of hydrogen-bond donors (Lipinski definition) is 2. The predicted molar refractivity (Wildman–Crippen MR) is 98.5 cm³/mol. The Morgan fingerprint density at radius 3 is 2.43 bits per heavy atom. The number of likely N-dealkylation sites (tertiary alicyclic amines) is 1. The van der Waals surface area contributed by atoms with E-state index < -0.39 is 22.3 Å². The van der Waals surface area contributed by atoms with E-state index in [-0.39, 0.29) is 17.2 Å². The SMILES string of the molecule is O=C1NC2(CCN(C(=O)c3ccc([N+](=O)[O-])cc3)CC2)Nc2cccc(F)c21. The Kier molecular flexibility index (Phi) is 4.21. The van der Waals surface area contributed by atoms with Crippen molar-refractivity contribution in [3.63, 3.8) is 0 Å². The van der Waals surface area contributed by atoms with Gasteiger partial charge >= 0.3 is 0 Å². The highest BCUT2D eigenvalue weighted by atomic mass is 19.1. The van der Waals surface area contributed by atoms with Crippen molar-refractivity contribution >= 4 is 23.2 Å². The minimum absolute atomic E-state index is 0.00230. The topological polar surface area (TPSA) is 105 Å². The van der Waals surface area contributed by atoms with Crippen LogP contribution < -0.4 is 10.6 Å². The lowest BCUT2D eigenvalue weighted by Crippen LogP contribution is -2.62. The van der Waals surface area contributed by atoms with Gasteiger partial charge in [-0.25, -0.2) is 4.39 Å². The molecule has 9 heteroatoms. The summed E-state index contributed by atoms with van der Waals surface area (Å²) in [4.78, 5) is 36.9. The molecule has 0 bridgehead atoms. The molecule has 28 heavy (non-hydrogen) atoms. The maximum atomic E-state index is 13.9. The normalized spacial score (nSPS) is 17.5. The molecule has 2 aliphatic rings. The highest BCUT2D eigenvalue weighted by Gasteiger charge is 2.42. The van der Waals surface area contributed by atoms with Gasteiger partial charge in [0.25, 0.3) is 17.5 Å². The van der Waals surface area contributed by atoms with Gasteiger partial charge in [-0.1, -0.05) is 6.07 Å². The highest BCUT2D eigenvalue weighted by Crippen LogP contribution is 2.32. The number of hydrogen-bond acceptors (Lipinski definition) is 5. The van der Waals surface area contributed by atoms with Gasteiger partial charge in [0, 0.05) is 43.6 Å². The first-order valence-electron chi connectivity index (χ1n) is 8.81. The number of piperidine rings is 1. The number of nitro groups is 1. The van der Waals surface area contributed by atoms with Crippen molar-refractivity contribution in [2.24, 2.45) is 0 Å². The van der Waals surface area contributed by atoms with Gasteiger partial charge in [0.1, 0.15) is 11.5 Å². The molecule has 144 valence electrons. The molecule has 2 aromatic carbocycles. The van der Waals surface area contributed by atoms with Crippen molar-refractivity contribution in [3.8, 4) is 0 Å². The second kappa shape index (κ2) is 6.59. The van der Waals surface area contributed by atoms with Crippen LogP contribution in [0, 0.1) is 15.9 Å². The number of nitrogens with zero attached hydrogens (tertiary/aromatic N) is 2. The Hall–Kier alpha value is -3.49. The second-order valence-electron chi connectivity index (χ2n) is 6.92. The van der Waals surface area contributed by atoms with Gasteiger partial charge in [-0.05, 0) is 24.3 Å². The monoisotopic (exact) mass is 384 g/mol. The lowest BCUT2D eigenvalue weighted by atomic mass is 9.92. The zero-order chi connectivity index (χ0) is 19.9. The molecular weight excluding hydrogens is 367 g/mol. The Labute approximate surface area is 159 Å². The Morgan fingerprint density at radius 1 is 1.11 bits per heavy atom. The Morgan fingerprint density at radius 2 is 1.79 bits per heavy atom. The molecule has 1 spiro atoms. The number of rotatable bonds is 2. The molecule has 1 saturated heterocycles. The number of carbonyl (C=O) groups excluding carboxylic acids is 2. The molecule has 2 N–H and O–H groups in total. The van der Waals surface area contributed by atoms with Crippen molar-refractivity contribution in [1.29, 1.82) is 0 Å². The van der Waals surface area contributed by atoms with Gasteiger partial charge in [-0.2, -0.15) is 0 Å². The number of anilines is 1. The van der Waals surface area contributed by atoms with Crippen LogP contribution in [0.5, 0.6) is 0 Å². The van der Waals surface area contributed by atoms with Gasteiger partial charge in [0.15, 0.2) is 0 Å². The van der Waals surface area contributed by atoms with Crippen LogP contribution in [0.2, 0.25) is 0 Å². The van der Waals surface area contributed by atoms with Crippen LogP contribution in [0.15, 0.2) is 42.5 Å². The number of halogens is 1. The van der Waals surface area contributed by atoms with Crippen LogP contribution in [-0.2, 0) is 0 Å². The van der Waals surface area contributed by atoms with Gasteiger partial charge in [0.05, 0.1) is 16.2 Å². The average Bonchev–Trinajstić information content (AvgIpc) is 2.68. The number of nitro benzene ring substituents is 1. The fourth-order valence-electron chi connectivity index (χ4n) is 3.68. The van der Waals surface area contributed by atoms with Crippen LogP contribution in [-0.4, -0.2) is 40.4 Å². The average molecular weight is 384 g/mol. The Bertz CT molecular complexity index is 968. The molecule has 0 unspecified atom stereocenters. The van der Waals surface area contributed by atoms with E-state index in [2.05, 4.69) is 10.6 Å². The maximum absolute atomic E-state index is 13.9. The minimum atomic E-state index is -0.732. The van der Waals surface area contributed by atoms with Gasteiger partial charge < -0.3 is 15.5 Å². The first kappa shape index (κ1) is 17.9. The van der Waals surface area contributed by atoms with Crippen LogP contribution in [0.3, 0.4) is 0 Å². The molecule has 0 atom stereocenters. The van der Waals surface area contributed by atoms with Gasteiger partial charge in [-0.15, -0.1) is 0 Å². The third-order valence-electron chi connectivity index (χ3n) is 5.20. The zero-order valence-electron chi connectivity index (χ0n) is 14.8. The summed E-state index contributed by atoms with van der Waals surface area (Å²) in [5.74, 6) is -1.27. The molecule has 8 nitrogen and oxygen atoms in total.